The van der Waals surface area contributed by atoms with E-state index in [1.807, 2.05) is 0 Å². The van der Waals surface area contributed by atoms with Gasteiger partial charge in [-0.1, -0.05) is 0 Å². The van der Waals surface area contributed by atoms with Crippen LogP contribution < -0.4 is 80.2 Å². The van der Waals surface area contributed by atoms with Crippen molar-refractivity contribution in [2.24, 2.45) is 0 Å². The van der Waals surface area contributed by atoms with Crippen molar-refractivity contribution in [3.05, 3.63) is 16.7 Å². The Bertz CT molecular complexity index is 887. The number of anilines is 1. The molecule has 0 aliphatic carbocycles. The van der Waals surface area contributed by atoms with Crippen LogP contribution in [0.2, 0.25) is 0 Å². The molecular weight excluding hydrogens is 407 g/mol. The largest absolute Gasteiger partial charge is 1.00 e. The monoisotopic (exact) mass is 421 g/mol. The number of phosphoric ester groups is 1. The van der Waals surface area contributed by atoms with E-state index in [-0.39, 0.29) is 76.2 Å². The third kappa shape index (κ3) is 5.39. The number of phosphoric acid groups is 1. The van der Waals surface area contributed by atoms with Crippen LogP contribution in [0.3, 0.4) is 0 Å². The van der Waals surface area contributed by atoms with Gasteiger partial charge < -0.3 is 39.2 Å². The first-order valence-corrected chi connectivity index (χ1v) is 8.42. The summed E-state index contributed by atoms with van der Waals surface area (Å²) in [5, 5.41) is 10.2. The second-order valence-electron chi connectivity index (χ2n) is 5.27. The zero-order valence-corrected chi connectivity index (χ0v) is 19.7. The zero-order valence-electron chi connectivity index (χ0n) is 14.8. The molecule has 0 amide bonds. The van der Waals surface area contributed by atoms with Crippen LogP contribution in [0.1, 0.15) is 6.23 Å². The van der Waals surface area contributed by atoms with Gasteiger partial charge in [0.1, 0.15) is 18.3 Å². The van der Waals surface area contributed by atoms with E-state index >= 15 is 0 Å². The van der Waals surface area contributed by atoms with Crippen molar-refractivity contribution in [3.8, 4) is 0 Å². The molecule has 0 spiro atoms. The fourth-order valence-corrected chi connectivity index (χ4v) is 2.96. The Labute approximate surface area is 196 Å². The molecule has 4 atom stereocenters. The van der Waals surface area contributed by atoms with Gasteiger partial charge in [-0.2, -0.15) is 4.98 Å². The number of nitrogens with one attached hydrogen (secondary N) is 1. The maximum Gasteiger partial charge on any atom is 1.00 e. The number of nitrogens with zero attached hydrogens (tertiary/aromatic N) is 3. The van der Waals surface area contributed by atoms with Gasteiger partial charge in [0, 0.05) is 7.11 Å². The van der Waals surface area contributed by atoms with E-state index in [2.05, 4.69) is 19.5 Å². The first kappa shape index (κ1) is 25.2. The van der Waals surface area contributed by atoms with E-state index in [1.165, 1.54) is 18.0 Å². The van der Waals surface area contributed by atoms with Gasteiger partial charge in [0.05, 0.1) is 20.8 Å². The van der Waals surface area contributed by atoms with Gasteiger partial charge in [0.25, 0.3) is 5.56 Å². The Balaban J connectivity index is 0.00000182. The fraction of sp³-hybridized carbons (Fsp3) is 0.545. The third-order valence-corrected chi connectivity index (χ3v) is 4.17. The summed E-state index contributed by atoms with van der Waals surface area (Å²) < 4.78 is 26.8. The van der Waals surface area contributed by atoms with Gasteiger partial charge in [0.2, 0.25) is 5.95 Å². The number of ether oxygens (including phenoxy) is 2. The smallest absolute Gasteiger partial charge is 0.790 e. The van der Waals surface area contributed by atoms with Crippen molar-refractivity contribution < 1.29 is 92.6 Å². The third-order valence-electron chi connectivity index (χ3n) is 3.71. The van der Waals surface area contributed by atoms with Crippen LogP contribution in [-0.4, -0.2) is 56.7 Å². The van der Waals surface area contributed by atoms with Crippen LogP contribution in [0, 0.1) is 0 Å². The fourth-order valence-electron chi connectivity index (χ4n) is 2.63. The van der Waals surface area contributed by atoms with Crippen LogP contribution in [0.15, 0.2) is 11.1 Å². The Hall–Kier alpha value is 0.140. The van der Waals surface area contributed by atoms with E-state index in [0.717, 1.165) is 0 Å². The van der Waals surface area contributed by atoms with Gasteiger partial charge in [-0.25, -0.2) is 4.98 Å². The molecule has 0 radical (unpaired) electrons. The number of H-pyrrole nitrogens is 1. The molecule has 1 fully saturated rings. The maximum atomic E-state index is 11.8. The van der Waals surface area contributed by atoms with E-state index in [4.69, 9.17) is 15.2 Å². The average molecular weight is 421 g/mol. The number of aliphatic hydroxyl groups excluding tert-OH is 1. The Morgan fingerprint density at radius 1 is 1.48 bits per heavy atom. The number of imidazole rings is 1. The second kappa shape index (κ2) is 9.76. The summed E-state index contributed by atoms with van der Waals surface area (Å²) in [6.45, 7) is -0.690. The van der Waals surface area contributed by atoms with Crippen LogP contribution in [0.4, 0.5) is 5.95 Å². The number of methoxy groups -OCH3 is 1. The average Bonchev–Trinajstić information content (AvgIpc) is 3.05. The van der Waals surface area contributed by atoms with Crippen molar-refractivity contribution in [1.29, 1.82) is 0 Å². The summed E-state index contributed by atoms with van der Waals surface area (Å²) in [6.07, 6.45) is -3.21. The SMILES string of the molecule is CO[C@@H]1[C@H](O)[C@@H](COP(=O)([O-])[O-])O[C@H]1n1cnc2c(=O)[nH]c(N)nc21.[Na+].[Na+]. The minimum atomic E-state index is -5.23. The molecule has 0 saturated carbocycles. The van der Waals surface area contributed by atoms with Gasteiger partial charge in [-0.15, -0.1) is 0 Å². The quantitative estimate of drug-likeness (QED) is 0.306. The molecule has 0 aromatic carbocycles. The van der Waals surface area contributed by atoms with Gasteiger partial charge in [-0.3, -0.25) is 14.3 Å². The maximum absolute atomic E-state index is 11.8. The number of rotatable bonds is 5. The zero-order chi connectivity index (χ0) is 18.4. The van der Waals surface area contributed by atoms with Gasteiger partial charge >= 0.3 is 59.1 Å². The molecule has 1 saturated heterocycles. The molecule has 1 aliphatic rings. The molecule has 0 bridgehead atoms. The van der Waals surface area contributed by atoms with Crippen molar-refractivity contribution in [3.63, 3.8) is 0 Å². The Kier molecular flexibility index (Phi) is 9.10. The molecule has 16 heteroatoms. The van der Waals surface area contributed by atoms with Crippen molar-refractivity contribution >= 4 is 24.9 Å². The van der Waals surface area contributed by atoms with Gasteiger partial charge in [-0.05, 0) is 0 Å². The van der Waals surface area contributed by atoms with Crippen LogP contribution in [0.5, 0.6) is 0 Å². The first-order valence-electron chi connectivity index (χ1n) is 6.96. The number of aromatic nitrogens is 4. The number of hydrogen-bond acceptors (Lipinski definition) is 11. The Morgan fingerprint density at radius 2 is 2.15 bits per heavy atom. The summed E-state index contributed by atoms with van der Waals surface area (Å²) in [7, 11) is -3.93. The van der Waals surface area contributed by atoms with Crippen molar-refractivity contribution in [2.75, 3.05) is 19.5 Å². The molecule has 3 heterocycles. The van der Waals surface area contributed by atoms with Gasteiger partial charge in [0.15, 0.2) is 17.4 Å². The molecule has 1 aliphatic heterocycles. The molecular formula is C11H14N5Na2O8P. The summed E-state index contributed by atoms with van der Waals surface area (Å²) >= 11 is 0. The second-order valence-corrected chi connectivity index (χ2v) is 6.43. The van der Waals surface area contributed by atoms with Crippen molar-refractivity contribution in [1.82, 2.24) is 19.5 Å². The number of nitrogen functional groups attached to an aromatic ring is 1. The van der Waals surface area contributed by atoms with E-state index in [1.54, 1.807) is 0 Å². The predicted molar refractivity (Wildman–Crippen MR) is 76.8 cm³/mol. The number of fused-ring (bicyclic) bond motifs is 1. The molecule has 4 N–H and O–H groups in total. The van der Waals surface area contributed by atoms with E-state index in [0.29, 0.717) is 0 Å². The van der Waals surface area contributed by atoms with Crippen LogP contribution in [-0.2, 0) is 18.6 Å². The molecule has 138 valence electrons. The number of aromatic amines is 1. The van der Waals surface area contributed by atoms with Crippen molar-refractivity contribution in [2.45, 2.75) is 24.5 Å². The summed E-state index contributed by atoms with van der Waals surface area (Å²) in [5.41, 5.74) is 5.03. The number of aliphatic hydroxyl groups is 1. The normalized spacial score (nSPS) is 25.2. The molecule has 2 aromatic heterocycles. The minimum Gasteiger partial charge on any atom is -0.790 e. The van der Waals surface area contributed by atoms with Crippen LogP contribution >= 0.6 is 7.82 Å². The first-order chi connectivity index (χ1) is 11.7. The molecule has 2 aromatic rings. The molecule has 0 unspecified atom stereocenters. The summed E-state index contributed by atoms with van der Waals surface area (Å²) in [5.74, 6) is -0.148. The molecule has 27 heavy (non-hydrogen) atoms. The number of nitrogens with two attached hydrogens (primary N) is 1. The minimum absolute atomic E-state index is 0. The standard InChI is InChI=1S/C11H16N5O8P.2Na/c1-22-7-6(17)4(2-23-25(19,20)21)24-10(7)16-3-13-5-8(16)14-11(12)15-9(5)18;;/h3-4,6-7,10,17H,2H2,1H3,(H2,19,20,21)(H3,12,14,15,18);;/q;2*+1/p-2/t4-,6-,7-,10-;;/m1../s1. The number of hydrogen-bond donors (Lipinski definition) is 3. The Morgan fingerprint density at radius 3 is 2.74 bits per heavy atom. The van der Waals surface area contributed by atoms with E-state index < -0.39 is 44.5 Å². The molecule has 3 rings (SSSR count). The summed E-state index contributed by atoms with van der Waals surface area (Å²) in [4.78, 5) is 43.2. The van der Waals surface area contributed by atoms with E-state index in [9.17, 15) is 24.3 Å². The molecule has 13 nitrogen and oxygen atoms in total. The van der Waals surface area contributed by atoms with Crippen LogP contribution in [0.25, 0.3) is 11.2 Å². The topological polar surface area (TPSA) is 201 Å². The predicted octanol–water partition coefficient (Wildman–Crippen LogP) is -9.17. The summed E-state index contributed by atoms with van der Waals surface area (Å²) in [6, 6.07) is 0.